The first-order valence-electron chi connectivity index (χ1n) is 9.15. The number of likely N-dealkylation sites (N-methyl/N-ethyl adjacent to an activating group) is 2. The smallest absolute Gasteiger partial charge is 0.260 e. The maximum atomic E-state index is 12.7. The molecule has 1 N–H and O–H groups in total. The maximum absolute atomic E-state index is 12.7. The Kier molecular flexibility index (Phi) is 6.49. The van der Waals surface area contributed by atoms with Crippen LogP contribution in [0.1, 0.15) is 19.7 Å². The van der Waals surface area contributed by atoms with E-state index in [0.717, 1.165) is 11.1 Å². The van der Waals surface area contributed by atoms with Gasteiger partial charge in [0.15, 0.2) is 0 Å². The maximum Gasteiger partial charge on any atom is 0.260 e. The van der Waals surface area contributed by atoms with E-state index in [1.54, 1.807) is 17.0 Å². The molecule has 0 saturated heterocycles. The Balaban J connectivity index is 1.82. The number of thiophene rings is 1. The van der Waals surface area contributed by atoms with E-state index >= 15 is 0 Å². The summed E-state index contributed by atoms with van der Waals surface area (Å²) in [7, 11) is 1.85. The third-order valence-electron chi connectivity index (χ3n) is 4.59. The Hall–Kier alpha value is -2.22. The van der Waals surface area contributed by atoms with Crippen LogP contribution >= 0.6 is 22.9 Å². The molecular weight excluding hydrogens is 396 g/mol. The number of hydrogen-bond acceptors (Lipinski definition) is 5. The van der Waals surface area contributed by atoms with Gasteiger partial charge in [-0.05, 0) is 38.6 Å². The molecule has 148 valence electrons. The van der Waals surface area contributed by atoms with Crippen molar-refractivity contribution in [1.29, 1.82) is 0 Å². The van der Waals surface area contributed by atoms with Gasteiger partial charge < -0.3 is 9.88 Å². The van der Waals surface area contributed by atoms with E-state index in [0.29, 0.717) is 40.7 Å². The van der Waals surface area contributed by atoms with Crippen LogP contribution in [0.3, 0.4) is 0 Å². The van der Waals surface area contributed by atoms with Crippen LogP contribution in [0.2, 0.25) is 5.02 Å². The zero-order valence-corrected chi connectivity index (χ0v) is 17.7. The van der Waals surface area contributed by atoms with Crippen LogP contribution in [-0.4, -0.2) is 52.4 Å². The minimum Gasteiger partial charge on any atom is -0.342 e. The van der Waals surface area contributed by atoms with Gasteiger partial charge in [-0.2, -0.15) is 0 Å². The number of carbonyl (C=O) groups is 1. The second-order valence-corrected chi connectivity index (χ2v) is 7.88. The summed E-state index contributed by atoms with van der Waals surface area (Å²) in [5, 5.41) is 3.17. The van der Waals surface area contributed by atoms with Crippen molar-refractivity contribution in [3.8, 4) is 11.1 Å². The van der Waals surface area contributed by atoms with E-state index < -0.39 is 0 Å². The van der Waals surface area contributed by atoms with E-state index in [1.165, 1.54) is 11.3 Å². The lowest BCUT2D eigenvalue weighted by Crippen LogP contribution is -2.38. The minimum atomic E-state index is -0.172. The Morgan fingerprint density at radius 3 is 2.54 bits per heavy atom. The molecule has 3 rings (SSSR count). The zero-order chi connectivity index (χ0) is 20.3. The van der Waals surface area contributed by atoms with Crippen molar-refractivity contribution in [3.05, 3.63) is 50.8 Å². The number of nitrogens with zero attached hydrogens (tertiary/aromatic N) is 3. The molecule has 0 spiro atoms. The molecular formula is C20H23ClN4O2S. The van der Waals surface area contributed by atoms with Gasteiger partial charge in [-0.15, -0.1) is 11.3 Å². The first-order valence-corrected chi connectivity index (χ1v) is 10.4. The molecule has 1 amide bonds. The number of halogens is 1. The summed E-state index contributed by atoms with van der Waals surface area (Å²) >= 11 is 7.39. The average Bonchev–Trinajstić information content (AvgIpc) is 3.07. The zero-order valence-electron chi connectivity index (χ0n) is 16.2. The molecule has 2 aromatic heterocycles. The fourth-order valence-corrected chi connectivity index (χ4v) is 4.22. The molecule has 0 fully saturated rings. The van der Waals surface area contributed by atoms with E-state index in [-0.39, 0.29) is 18.0 Å². The lowest BCUT2D eigenvalue weighted by Gasteiger charge is -2.22. The van der Waals surface area contributed by atoms with Gasteiger partial charge in [0.25, 0.3) is 5.56 Å². The van der Waals surface area contributed by atoms with Crippen molar-refractivity contribution < 1.29 is 4.79 Å². The van der Waals surface area contributed by atoms with Crippen LogP contribution in [0.5, 0.6) is 0 Å². The molecule has 2 heterocycles. The highest BCUT2D eigenvalue weighted by molar-refractivity contribution is 7.17. The van der Waals surface area contributed by atoms with E-state index in [9.17, 15) is 9.59 Å². The first kappa shape index (κ1) is 20.5. The number of H-pyrrole nitrogens is 1. The average molecular weight is 419 g/mol. The molecule has 3 aromatic rings. The van der Waals surface area contributed by atoms with Gasteiger partial charge in [0.05, 0.1) is 18.5 Å². The number of amides is 1. The van der Waals surface area contributed by atoms with Crippen LogP contribution in [0, 0.1) is 0 Å². The van der Waals surface area contributed by atoms with Crippen LogP contribution in [-0.2, 0) is 11.3 Å². The normalized spacial score (nSPS) is 11.3. The largest absolute Gasteiger partial charge is 0.342 e. The summed E-state index contributed by atoms with van der Waals surface area (Å²) in [5.41, 5.74) is 1.61. The Morgan fingerprint density at radius 2 is 1.89 bits per heavy atom. The van der Waals surface area contributed by atoms with Gasteiger partial charge in [0, 0.05) is 29.1 Å². The number of aromatic amines is 1. The highest BCUT2D eigenvalue weighted by Crippen LogP contribution is 2.31. The fraction of sp³-hybridized carbons (Fsp3) is 0.350. The van der Waals surface area contributed by atoms with Gasteiger partial charge in [0.2, 0.25) is 5.91 Å². The molecule has 0 atom stereocenters. The number of hydrogen-bond donors (Lipinski definition) is 1. The SMILES string of the molecule is CCN(CC)C(=O)CN(C)Cc1nc2scc(-c3ccc(Cl)cc3)c2c(=O)[nH]1. The monoisotopic (exact) mass is 418 g/mol. The second kappa shape index (κ2) is 8.86. The van der Waals surface area contributed by atoms with Crippen molar-refractivity contribution in [3.63, 3.8) is 0 Å². The highest BCUT2D eigenvalue weighted by atomic mass is 35.5. The number of aromatic nitrogens is 2. The topological polar surface area (TPSA) is 69.3 Å². The molecule has 0 aliphatic carbocycles. The van der Waals surface area contributed by atoms with Crippen molar-refractivity contribution in [2.45, 2.75) is 20.4 Å². The fourth-order valence-electron chi connectivity index (χ4n) is 3.13. The predicted molar refractivity (Wildman–Crippen MR) is 115 cm³/mol. The molecule has 1 aromatic carbocycles. The Bertz CT molecular complexity index is 1020. The lowest BCUT2D eigenvalue weighted by molar-refractivity contribution is -0.131. The molecule has 0 radical (unpaired) electrons. The standard InChI is InChI=1S/C20H23ClN4O2S/c1-4-25(5-2)17(26)11-24(3)10-16-22-19(27)18-15(12-28-20(18)23-16)13-6-8-14(21)9-7-13/h6-9,12H,4-5,10-11H2,1-3H3,(H,22,23,27). The molecule has 0 saturated carbocycles. The first-order chi connectivity index (χ1) is 13.4. The minimum absolute atomic E-state index is 0.0667. The number of fused-ring (bicyclic) bond motifs is 1. The summed E-state index contributed by atoms with van der Waals surface area (Å²) < 4.78 is 0. The van der Waals surface area contributed by atoms with Crippen LogP contribution in [0.25, 0.3) is 21.3 Å². The van der Waals surface area contributed by atoms with E-state index in [2.05, 4.69) is 9.97 Å². The van der Waals surface area contributed by atoms with Crippen molar-refractivity contribution >= 4 is 39.1 Å². The summed E-state index contributed by atoms with van der Waals surface area (Å²) in [6, 6.07) is 7.39. The Morgan fingerprint density at radius 1 is 1.21 bits per heavy atom. The van der Waals surface area contributed by atoms with Gasteiger partial charge in [-0.3, -0.25) is 14.5 Å². The Labute approximate surface area is 172 Å². The summed E-state index contributed by atoms with van der Waals surface area (Å²) in [4.78, 5) is 36.8. The highest BCUT2D eigenvalue weighted by Gasteiger charge is 2.16. The lowest BCUT2D eigenvalue weighted by atomic mass is 10.1. The number of nitrogens with one attached hydrogen (secondary N) is 1. The van der Waals surface area contributed by atoms with Gasteiger partial charge in [-0.25, -0.2) is 4.98 Å². The van der Waals surface area contributed by atoms with Crippen molar-refractivity contribution in [1.82, 2.24) is 19.8 Å². The van der Waals surface area contributed by atoms with Gasteiger partial charge in [-0.1, -0.05) is 23.7 Å². The molecule has 0 bridgehead atoms. The van der Waals surface area contributed by atoms with Crippen LogP contribution in [0.4, 0.5) is 0 Å². The second-order valence-electron chi connectivity index (χ2n) is 6.59. The van der Waals surface area contributed by atoms with Gasteiger partial charge >= 0.3 is 0 Å². The van der Waals surface area contributed by atoms with Crippen molar-refractivity contribution in [2.75, 3.05) is 26.7 Å². The van der Waals surface area contributed by atoms with Crippen LogP contribution in [0.15, 0.2) is 34.4 Å². The number of benzene rings is 1. The van der Waals surface area contributed by atoms with Crippen LogP contribution < -0.4 is 5.56 Å². The van der Waals surface area contributed by atoms with E-state index in [4.69, 9.17) is 11.6 Å². The number of carbonyl (C=O) groups excluding carboxylic acids is 1. The summed E-state index contributed by atoms with van der Waals surface area (Å²) in [6.07, 6.45) is 0. The summed E-state index contributed by atoms with van der Waals surface area (Å²) in [6.45, 7) is 5.98. The quantitative estimate of drug-likeness (QED) is 0.636. The molecule has 6 nitrogen and oxygen atoms in total. The molecule has 0 aliphatic rings. The summed E-state index contributed by atoms with van der Waals surface area (Å²) in [5.74, 6) is 0.619. The predicted octanol–water partition coefficient (Wildman–Crippen LogP) is 3.61. The van der Waals surface area contributed by atoms with Gasteiger partial charge in [0.1, 0.15) is 10.7 Å². The molecule has 28 heavy (non-hydrogen) atoms. The molecule has 0 aliphatic heterocycles. The van der Waals surface area contributed by atoms with E-state index in [1.807, 2.05) is 43.3 Å². The van der Waals surface area contributed by atoms with Crippen molar-refractivity contribution in [2.24, 2.45) is 0 Å². The molecule has 8 heteroatoms. The number of rotatable bonds is 7. The third-order valence-corrected chi connectivity index (χ3v) is 5.71. The third kappa shape index (κ3) is 4.43. The molecule has 0 unspecified atom stereocenters.